The van der Waals surface area contributed by atoms with Crippen molar-refractivity contribution >= 4 is 51.6 Å². The topological polar surface area (TPSA) is 76.7 Å². The zero-order chi connectivity index (χ0) is 21.5. The maximum atomic E-state index is 12.3. The summed E-state index contributed by atoms with van der Waals surface area (Å²) in [5.41, 5.74) is 2.43. The number of hydrogen-bond donors (Lipinski definition) is 2. The van der Waals surface area contributed by atoms with E-state index in [4.69, 9.17) is 21.7 Å². The first-order valence-electron chi connectivity index (χ1n) is 9.77. The second kappa shape index (κ2) is 10.4. The van der Waals surface area contributed by atoms with Crippen LogP contribution in [0.5, 0.6) is 5.75 Å². The van der Waals surface area contributed by atoms with Crippen molar-refractivity contribution in [2.45, 2.75) is 32.6 Å². The predicted octanol–water partition coefficient (Wildman–Crippen LogP) is 4.34. The second-order valence-corrected chi connectivity index (χ2v) is 8.20. The Balaban J connectivity index is 1.63. The van der Waals surface area contributed by atoms with Gasteiger partial charge in [0.25, 0.3) is 0 Å². The van der Waals surface area contributed by atoms with E-state index in [0.29, 0.717) is 17.2 Å². The molecule has 0 aliphatic heterocycles. The minimum absolute atomic E-state index is 0.139. The van der Waals surface area contributed by atoms with Gasteiger partial charge in [-0.1, -0.05) is 12.1 Å². The Hall–Kier alpha value is -2.71. The molecule has 0 radical (unpaired) electrons. The van der Waals surface area contributed by atoms with Crippen LogP contribution >= 0.6 is 23.6 Å². The normalized spacial score (nSPS) is 12.9. The number of rotatable bonds is 6. The van der Waals surface area contributed by atoms with Gasteiger partial charge in [0, 0.05) is 11.0 Å². The minimum atomic E-state index is -0.388. The summed E-state index contributed by atoms with van der Waals surface area (Å²) in [4.78, 5) is 25.7. The van der Waals surface area contributed by atoms with Gasteiger partial charge in [-0.15, -0.1) is 11.3 Å². The van der Waals surface area contributed by atoms with E-state index in [1.165, 1.54) is 29.4 Å². The summed E-state index contributed by atoms with van der Waals surface area (Å²) in [7, 11) is 1.37. The Bertz CT molecular complexity index is 964. The van der Waals surface area contributed by atoms with E-state index in [2.05, 4.69) is 10.6 Å². The molecule has 2 N–H and O–H groups in total. The van der Waals surface area contributed by atoms with E-state index in [1.807, 2.05) is 31.2 Å². The van der Waals surface area contributed by atoms with Crippen molar-refractivity contribution in [1.29, 1.82) is 0 Å². The predicted molar refractivity (Wildman–Crippen MR) is 123 cm³/mol. The summed E-state index contributed by atoms with van der Waals surface area (Å²) >= 11 is 6.77. The summed E-state index contributed by atoms with van der Waals surface area (Å²) in [5, 5.41) is 6.38. The van der Waals surface area contributed by atoms with Gasteiger partial charge in [0.15, 0.2) is 5.11 Å². The summed E-state index contributed by atoms with van der Waals surface area (Å²) in [6, 6.07) is 7.43. The number of anilines is 1. The highest BCUT2D eigenvalue weighted by Crippen LogP contribution is 2.38. The SMILES string of the molecule is CCOc1ccc(/C=C/C(=O)NC(=S)Nc2sc3c(c2C(=O)OC)CCCC3)cc1. The van der Waals surface area contributed by atoms with Crippen molar-refractivity contribution in [2.24, 2.45) is 0 Å². The van der Waals surface area contributed by atoms with E-state index in [-0.39, 0.29) is 17.0 Å². The lowest BCUT2D eigenvalue weighted by Crippen LogP contribution is -2.33. The first-order chi connectivity index (χ1) is 14.5. The third kappa shape index (κ3) is 5.46. The highest BCUT2D eigenvalue weighted by atomic mass is 32.1. The Morgan fingerprint density at radius 3 is 2.63 bits per heavy atom. The Morgan fingerprint density at radius 2 is 1.93 bits per heavy atom. The van der Waals surface area contributed by atoms with Gasteiger partial charge in [0.1, 0.15) is 10.8 Å². The molecule has 30 heavy (non-hydrogen) atoms. The van der Waals surface area contributed by atoms with Crippen molar-refractivity contribution < 1.29 is 19.1 Å². The number of carbonyl (C=O) groups is 2. The average molecular weight is 445 g/mol. The van der Waals surface area contributed by atoms with Crippen molar-refractivity contribution in [1.82, 2.24) is 5.32 Å². The minimum Gasteiger partial charge on any atom is -0.494 e. The Morgan fingerprint density at radius 1 is 1.20 bits per heavy atom. The van der Waals surface area contributed by atoms with Crippen LogP contribution < -0.4 is 15.4 Å². The highest BCUT2D eigenvalue weighted by Gasteiger charge is 2.26. The fourth-order valence-corrected chi connectivity index (χ4v) is 4.82. The number of nitrogens with one attached hydrogen (secondary N) is 2. The van der Waals surface area contributed by atoms with Crippen LogP contribution in [-0.2, 0) is 22.4 Å². The fourth-order valence-electron chi connectivity index (χ4n) is 3.27. The summed E-state index contributed by atoms with van der Waals surface area (Å²) < 4.78 is 10.4. The van der Waals surface area contributed by atoms with Crippen LogP contribution in [0.1, 0.15) is 46.1 Å². The molecule has 1 aromatic heterocycles. The number of amides is 1. The van der Waals surface area contributed by atoms with Gasteiger partial charge >= 0.3 is 5.97 Å². The molecule has 6 nitrogen and oxygen atoms in total. The zero-order valence-corrected chi connectivity index (χ0v) is 18.6. The number of thiocarbonyl (C=S) groups is 1. The van der Waals surface area contributed by atoms with Gasteiger partial charge in [-0.25, -0.2) is 4.79 Å². The molecule has 158 valence electrons. The summed E-state index contributed by atoms with van der Waals surface area (Å²) in [5.74, 6) is 0.0354. The largest absolute Gasteiger partial charge is 0.494 e. The Labute approximate surface area is 185 Å². The molecule has 0 bridgehead atoms. The number of fused-ring (bicyclic) bond motifs is 1. The molecule has 0 unspecified atom stereocenters. The smallest absolute Gasteiger partial charge is 0.341 e. The van der Waals surface area contributed by atoms with Gasteiger partial charge in [0.2, 0.25) is 5.91 Å². The van der Waals surface area contributed by atoms with Gasteiger partial charge in [-0.2, -0.15) is 0 Å². The monoisotopic (exact) mass is 444 g/mol. The van der Waals surface area contributed by atoms with Crippen LogP contribution in [-0.4, -0.2) is 30.7 Å². The number of methoxy groups -OCH3 is 1. The molecule has 1 amide bonds. The van der Waals surface area contributed by atoms with Gasteiger partial charge in [0.05, 0.1) is 19.3 Å². The number of thiophene rings is 1. The molecule has 2 aromatic rings. The summed E-state index contributed by atoms with van der Waals surface area (Å²) in [6.45, 7) is 2.53. The van der Waals surface area contributed by atoms with Crippen molar-refractivity contribution in [3.63, 3.8) is 0 Å². The molecule has 1 heterocycles. The lowest BCUT2D eigenvalue weighted by Gasteiger charge is -2.12. The number of aryl methyl sites for hydroxylation is 1. The molecular formula is C22H24N2O4S2. The molecule has 0 saturated carbocycles. The Kier molecular flexibility index (Phi) is 7.59. The first kappa shape index (κ1) is 22.0. The third-order valence-corrected chi connectivity index (χ3v) is 6.05. The molecule has 3 rings (SSSR count). The molecule has 0 saturated heterocycles. The quantitative estimate of drug-likeness (QED) is 0.392. The third-order valence-electron chi connectivity index (χ3n) is 4.64. The van der Waals surface area contributed by atoms with Crippen molar-refractivity contribution in [3.05, 3.63) is 51.9 Å². The molecule has 0 atom stereocenters. The number of carbonyl (C=O) groups excluding carboxylic acids is 2. The highest BCUT2D eigenvalue weighted by molar-refractivity contribution is 7.80. The van der Waals surface area contributed by atoms with Gasteiger partial charge in [-0.3, -0.25) is 10.1 Å². The van der Waals surface area contributed by atoms with E-state index < -0.39 is 0 Å². The molecule has 0 fully saturated rings. The number of hydrogen-bond acceptors (Lipinski definition) is 6. The van der Waals surface area contributed by atoms with Crippen LogP contribution in [0.4, 0.5) is 5.00 Å². The maximum Gasteiger partial charge on any atom is 0.341 e. The van der Waals surface area contributed by atoms with Crippen LogP contribution in [0, 0.1) is 0 Å². The van der Waals surface area contributed by atoms with Crippen LogP contribution in [0.3, 0.4) is 0 Å². The lowest BCUT2D eigenvalue weighted by atomic mass is 9.95. The van der Waals surface area contributed by atoms with Gasteiger partial charge in [-0.05, 0) is 74.2 Å². The van der Waals surface area contributed by atoms with E-state index in [0.717, 1.165) is 42.6 Å². The van der Waals surface area contributed by atoms with E-state index in [9.17, 15) is 9.59 Å². The van der Waals surface area contributed by atoms with Crippen LogP contribution in [0.15, 0.2) is 30.3 Å². The van der Waals surface area contributed by atoms with E-state index >= 15 is 0 Å². The second-order valence-electron chi connectivity index (χ2n) is 6.69. The first-order valence-corrected chi connectivity index (χ1v) is 11.0. The molecule has 8 heteroatoms. The molecule has 1 aliphatic rings. The fraction of sp³-hybridized carbons (Fsp3) is 0.318. The average Bonchev–Trinajstić information content (AvgIpc) is 3.10. The number of benzene rings is 1. The molecule has 1 aliphatic carbocycles. The molecule has 0 spiro atoms. The maximum absolute atomic E-state index is 12.3. The standard InChI is InChI=1S/C22H24N2O4S2/c1-3-28-15-11-8-14(9-12-15)10-13-18(25)23-22(29)24-20-19(21(26)27-2)16-6-4-5-7-17(16)30-20/h8-13H,3-7H2,1-2H3,(H2,23,24,25,29)/b13-10+. The van der Waals surface area contributed by atoms with Crippen molar-refractivity contribution in [3.8, 4) is 5.75 Å². The molecular weight excluding hydrogens is 420 g/mol. The van der Waals surface area contributed by atoms with Gasteiger partial charge < -0.3 is 14.8 Å². The summed E-state index contributed by atoms with van der Waals surface area (Å²) in [6.07, 6.45) is 7.04. The lowest BCUT2D eigenvalue weighted by molar-refractivity contribution is -0.115. The number of esters is 1. The van der Waals surface area contributed by atoms with E-state index in [1.54, 1.807) is 6.08 Å². The van der Waals surface area contributed by atoms with Crippen LogP contribution in [0.2, 0.25) is 0 Å². The van der Waals surface area contributed by atoms with Crippen LogP contribution in [0.25, 0.3) is 6.08 Å². The molecule has 1 aromatic carbocycles. The number of ether oxygens (including phenoxy) is 2. The zero-order valence-electron chi connectivity index (χ0n) is 16.9. The van der Waals surface area contributed by atoms with Crippen molar-refractivity contribution in [2.75, 3.05) is 19.0 Å².